The highest BCUT2D eigenvalue weighted by molar-refractivity contribution is 6.23. The molecule has 6 heteroatoms. The van der Waals surface area contributed by atoms with Gasteiger partial charge in [0, 0.05) is 21.5 Å². The topological polar surface area (TPSA) is 75.9 Å². The van der Waals surface area contributed by atoms with Crippen LogP contribution in [-0.4, -0.2) is 23.4 Å². The van der Waals surface area contributed by atoms with E-state index < -0.39 is 0 Å². The van der Waals surface area contributed by atoms with E-state index in [1.807, 2.05) is 72.8 Å². The Bertz CT molecular complexity index is 2700. The largest absolute Gasteiger partial charge is 0.497 e. The van der Waals surface area contributed by atoms with Crippen molar-refractivity contribution in [1.29, 1.82) is 10.5 Å². The van der Waals surface area contributed by atoms with Crippen LogP contribution in [0.1, 0.15) is 11.1 Å². The molecule has 9 rings (SSSR count). The molecule has 0 amide bonds. The molecule has 0 radical (unpaired) electrons. The third-order valence-corrected chi connectivity index (χ3v) is 9.56. The maximum absolute atomic E-state index is 10.7. The highest BCUT2D eigenvalue weighted by Crippen LogP contribution is 2.42. The van der Waals surface area contributed by atoms with Crippen molar-refractivity contribution >= 4 is 65.2 Å². The van der Waals surface area contributed by atoms with Crippen LogP contribution in [0.25, 0.3) is 76.5 Å². The van der Waals surface area contributed by atoms with E-state index in [9.17, 15) is 10.5 Å². The number of fused-ring (bicyclic) bond motifs is 10. The second-order valence-electron chi connectivity index (χ2n) is 11.9. The van der Waals surface area contributed by atoms with Gasteiger partial charge in [-0.05, 0) is 82.2 Å². The van der Waals surface area contributed by atoms with Crippen molar-refractivity contribution in [2.24, 2.45) is 0 Å². The second-order valence-corrected chi connectivity index (χ2v) is 11.9. The number of nitriles is 2. The summed E-state index contributed by atoms with van der Waals surface area (Å²) in [5.41, 5.74) is 5.93. The maximum Gasteiger partial charge on any atom is 0.119 e. The van der Waals surface area contributed by atoms with Gasteiger partial charge < -0.3 is 18.6 Å². The van der Waals surface area contributed by atoms with E-state index in [1.165, 1.54) is 0 Å². The van der Waals surface area contributed by atoms with Crippen LogP contribution in [0.15, 0.2) is 121 Å². The Morgan fingerprint density at radius 2 is 0.875 bits per heavy atom. The minimum absolute atomic E-state index is 0.455. The van der Waals surface area contributed by atoms with Crippen LogP contribution in [-0.2, 0) is 0 Å². The first kappa shape index (κ1) is 27.5. The van der Waals surface area contributed by atoms with Crippen molar-refractivity contribution in [3.05, 3.63) is 132 Å². The van der Waals surface area contributed by atoms with Gasteiger partial charge in [-0.1, -0.05) is 60.7 Å². The predicted molar refractivity (Wildman–Crippen MR) is 193 cm³/mol. The van der Waals surface area contributed by atoms with Crippen molar-refractivity contribution in [3.8, 4) is 35.0 Å². The molecule has 9 aromatic rings. The summed E-state index contributed by atoms with van der Waals surface area (Å²) in [7, 11) is 3.33. The molecule has 2 heterocycles. The first-order valence-corrected chi connectivity index (χ1v) is 15.6. The summed E-state index contributed by atoms with van der Waals surface area (Å²) in [6.45, 7) is 0. The van der Waals surface area contributed by atoms with Crippen LogP contribution in [0.5, 0.6) is 11.5 Å². The van der Waals surface area contributed by atoms with E-state index in [-0.39, 0.29) is 0 Å². The van der Waals surface area contributed by atoms with Crippen molar-refractivity contribution in [2.45, 2.75) is 0 Å². The predicted octanol–water partition coefficient (Wildman–Crippen LogP) is 9.95. The molecular formula is C42H26N4O2. The number of nitrogens with zero attached hydrogens (tertiary/aromatic N) is 4. The Balaban J connectivity index is 1.39. The van der Waals surface area contributed by atoms with E-state index >= 15 is 0 Å². The van der Waals surface area contributed by atoms with E-state index in [0.717, 1.165) is 76.7 Å². The lowest BCUT2D eigenvalue weighted by Gasteiger charge is -2.16. The zero-order chi connectivity index (χ0) is 32.5. The normalized spacial score (nSPS) is 11.5. The first-order valence-electron chi connectivity index (χ1n) is 15.6. The molecule has 0 aliphatic heterocycles. The van der Waals surface area contributed by atoms with Gasteiger partial charge in [0.15, 0.2) is 0 Å². The molecule has 0 aliphatic rings. The van der Waals surface area contributed by atoms with Gasteiger partial charge in [-0.25, -0.2) is 0 Å². The standard InChI is InChI=1S/C42H26N4O2/c1-47-29-13-17-35-33(21-29)41-31-9-5-3-7-25(31)11-15-37(41)45(35)39-19-28(24-44)40(20-27(39)23-43)46-36-18-14-30(48-2)22-34(36)42-32-10-6-4-8-26(32)12-16-38(42)46/h3-22H,1-2H3. The number of ether oxygens (including phenoxy) is 2. The van der Waals surface area contributed by atoms with Crippen molar-refractivity contribution in [1.82, 2.24) is 9.13 Å². The molecule has 0 saturated heterocycles. The summed E-state index contributed by atoms with van der Waals surface area (Å²) in [6.07, 6.45) is 0. The average Bonchev–Trinajstić information content (AvgIpc) is 3.66. The van der Waals surface area contributed by atoms with Gasteiger partial charge in [-0.15, -0.1) is 0 Å². The Morgan fingerprint density at radius 3 is 1.29 bits per heavy atom. The van der Waals surface area contributed by atoms with Gasteiger partial charge in [0.2, 0.25) is 0 Å². The van der Waals surface area contributed by atoms with Crippen LogP contribution in [0.2, 0.25) is 0 Å². The summed E-state index contributed by atoms with van der Waals surface area (Å²) in [5.74, 6) is 1.50. The van der Waals surface area contributed by atoms with E-state index in [0.29, 0.717) is 22.5 Å². The Kier molecular flexibility index (Phi) is 5.96. The summed E-state index contributed by atoms with van der Waals surface area (Å²) in [6, 6.07) is 45.7. The monoisotopic (exact) mass is 618 g/mol. The van der Waals surface area contributed by atoms with Crippen LogP contribution >= 0.6 is 0 Å². The lowest BCUT2D eigenvalue weighted by Crippen LogP contribution is -2.04. The van der Waals surface area contributed by atoms with E-state index in [1.54, 1.807) is 14.2 Å². The third kappa shape index (κ3) is 3.78. The van der Waals surface area contributed by atoms with Crippen molar-refractivity contribution in [3.63, 3.8) is 0 Å². The summed E-state index contributed by atoms with van der Waals surface area (Å²) in [5, 5.41) is 30.1. The van der Waals surface area contributed by atoms with Gasteiger partial charge in [0.05, 0.1) is 58.8 Å². The Hall–Kier alpha value is -6.76. The molecule has 0 unspecified atom stereocenters. The maximum atomic E-state index is 10.7. The lowest BCUT2D eigenvalue weighted by atomic mass is 10.0. The molecule has 0 bridgehead atoms. The van der Waals surface area contributed by atoms with Crippen molar-refractivity contribution < 1.29 is 9.47 Å². The molecule has 0 fully saturated rings. The fraction of sp³-hybridized carbons (Fsp3) is 0.0476. The molecule has 0 spiro atoms. The fourth-order valence-electron chi connectivity index (χ4n) is 7.44. The highest BCUT2D eigenvalue weighted by Gasteiger charge is 2.23. The molecule has 7 aromatic carbocycles. The third-order valence-electron chi connectivity index (χ3n) is 9.56. The van der Waals surface area contributed by atoms with Gasteiger partial charge >= 0.3 is 0 Å². The van der Waals surface area contributed by atoms with Crippen LogP contribution < -0.4 is 9.47 Å². The number of hydrogen-bond donors (Lipinski definition) is 0. The Morgan fingerprint density at radius 1 is 0.458 bits per heavy atom. The van der Waals surface area contributed by atoms with Gasteiger partial charge in [-0.2, -0.15) is 10.5 Å². The van der Waals surface area contributed by atoms with Gasteiger partial charge in [0.1, 0.15) is 23.6 Å². The second kappa shape index (κ2) is 10.4. The number of benzene rings is 7. The van der Waals surface area contributed by atoms with Crippen LogP contribution in [0, 0.1) is 22.7 Å². The minimum Gasteiger partial charge on any atom is -0.497 e. The fourth-order valence-corrected chi connectivity index (χ4v) is 7.44. The average molecular weight is 619 g/mol. The quantitative estimate of drug-likeness (QED) is 0.197. The van der Waals surface area contributed by atoms with Gasteiger partial charge in [0.25, 0.3) is 0 Å². The molecule has 0 N–H and O–H groups in total. The molecule has 0 saturated carbocycles. The molecule has 226 valence electrons. The summed E-state index contributed by atoms with van der Waals surface area (Å²) in [4.78, 5) is 0. The number of methoxy groups -OCH3 is 2. The van der Waals surface area contributed by atoms with Gasteiger partial charge in [-0.3, -0.25) is 0 Å². The molecule has 0 aliphatic carbocycles. The van der Waals surface area contributed by atoms with E-state index in [4.69, 9.17) is 9.47 Å². The van der Waals surface area contributed by atoms with E-state index in [2.05, 4.69) is 69.8 Å². The molecule has 48 heavy (non-hydrogen) atoms. The number of aromatic nitrogens is 2. The SMILES string of the molecule is COc1ccc2c(c1)c1c3ccccc3ccc1n2-c1cc(C#N)c(-n2c3ccc(OC)cc3c3c4ccccc4ccc32)cc1C#N. The van der Waals surface area contributed by atoms with Crippen LogP contribution in [0.4, 0.5) is 0 Å². The summed E-state index contributed by atoms with van der Waals surface area (Å²) < 4.78 is 15.5. The van der Waals surface area contributed by atoms with Crippen molar-refractivity contribution in [2.75, 3.05) is 14.2 Å². The molecular weight excluding hydrogens is 592 g/mol. The highest BCUT2D eigenvalue weighted by atomic mass is 16.5. The smallest absolute Gasteiger partial charge is 0.119 e. The molecule has 6 nitrogen and oxygen atoms in total. The zero-order valence-electron chi connectivity index (χ0n) is 26.2. The molecule has 2 aromatic heterocycles. The number of hydrogen-bond acceptors (Lipinski definition) is 4. The number of rotatable bonds is 4. The Labute approximate surface area is 275 Å². The first-order chi connectivity index (χ1) is 23.6. The minimum atomic E-state index is 0.455. The molecule has 0 atom stereocenters. The summed E-state index contributed by atoms with van der Waals surface area (Å²) >= 11 is 0. The zero-order valence-corrected chi connectivity index (χ0v) is 26.2. The van der Waals surface area contributed by atoms with Crippen LogP contribution in [0.3, 0.4) is 0 Å². The lowest BCUT2D eigenvalue weighted by molar-refractivity contribution is 0.415.